The second kappa shape index (κ2) is 7.70. The third-order valence-corrected chi connectivity index (χ3v) is 5.20. The molecule has 1 heterocycles. The zero-order valence-corrected chi connectivity index (χ0v) is 16.5. The molecule has 30 heavy (non-hydrogen) atoms. The van der Waals surface area contributed by atoms with Crippen molar-refractivity contribution < 1.29 is 23.1 Å². The molecule has 4 rings (SSSR count). The van der Waals surface area contributed by atoms with Gasteiger partial charge < -0.3 is 10.1 Å². The quantitative estimate of drug-likeness (QED) is 0.659. The molecule has 2 aromatic carbocycles. The Hall–Kier alpha value is -3.55. The molecule has 1 aliphatic carbocycles. The molecular weight excluding hydrogens is 392 g/mol. The van der Waals surface area contributed by atoms with Crippen LogP contribution in [0.15, 0.2) is 36.4 Å². The van der Waals surface area contributed by atoms with Crippen LogP contribution in [0.25, 0.3) is 5.69 Å². The number of carbonyl (C=O) groups excluding carboxylic acids is 2. The number of aromatic nitrogens is 2. The fraction of sp³-hybridized carbons (Fsp3) is 0.227. The van der Waals surface area contributed by atoms with Gasteiger partial charge >= 0.3 is 5.97 Å². The van der Waals surface area contributed by atoms with E-state index in [2.05, 4.69) is 15.2 Å². The maximum absolute atomic E-state index is 14.2. The second-order valence-electron chi connectivity index (χ2n) is 7.08. The van der Waals surface area contributed by atoms with Crippen molar-refractivity contribution in [1.82, 2.24) is 9.78 Å². The zero-order chi connectivity index (χ0) is 21.4. The topological polar surface area (TPSA) is 73.2 Å². The maximum Gasteiger partial charge on any atom is 0.340 e. The third kappa shape index (κ3) is 3.34. The van der Waals surface area contributed by atoms with Crippen LogP contribution in [0.5, 0.6) is 0 Å². The van der Waals surface area contributed by atoms with E-state index in [-0.39, 0.29) is 11.4 Å². The Bertz CT molecular complexity index is 1170. The van der Waals surface area contributed by atoms with Gasteiger partial charge in [0.05, 0.1) is 24.0 Å². The first-order chi connectivity index (χ1) is 14.4. The summed E-state index contributed by atoms with van der Waals surface area (Å²) < 4.78 is 34.4. The van der Waals surface area contributed by atoms with E-state index in [1.165, 1.54) is 0 Å². The summed E-state index contributed by atoms with van der Waals surface area (Å²) in [7, 11) is 1.09. The highest BCUT2D eigenvalue weighted by Crippen LogP contribution is 2.30. The van der Waals surface area contributed by atoms with Crippen LogP contribution >= 0.6 is 0 Å². The van der Waals surface area contributed by atoms with Crippen molar-refractivity contribution in [3.63, 3.8) is 0 Å². The Balaban J connectivity index is 1.71. The molecule has 0 fully saturated rings. The number of rotatable bonds is 4. The van der Waals surface area contributed by atoms with Crippen molar-refractivity contribution in [2.45, 2.75) is 26.2 Å². The van der Waals surface area contributed by atoms with Gasteiger partial charge in [0, 0.05) is 17.3 Å². The molecule has 0 radical (unpaired) electrons. The van der Waals surface area contributed by atoms with Crippen LogP contribution in [-0.2, 0) is 17.6 Å². The molecule has 0 aliphatic heterocycles. The molecule has 1 aromatic heterocycles. The summed E-state index contributed by atoms with van der Waals surface area (Å²) in [5.74, 6) is -3.65. The van der Waals surface area contributed by atoms with E-state index in [4.69, 9.17) is 0 Å². The van der Waals surface area contributed by atoms with Crippen LogP contribution in [0, 0.1) is 18.6 Å². The summed E-state index contributed by atoms with van der Waals surface area (Å²) in [5.41, 5.74) is 3.04. The lowest BCUT2D eigenvalue weighted by molar-refractivity contribution is 0.0595. The second-order valence-corrected chi connectivity index (χ2v) is 7.08. The van der Waals surface area contributed by atoms with E-state index in [1.807, 2.05) is 31.2 Å². The van der Waals surface area contributed by atoms with Gasteiger partial charge in [-0.3, -0.25) is 4.79 Å². The maximum atomic E-state index is 14.2. The summed E-state index contributed by atoms with van der Waals surface area (Å²) in [6, 6.07) is 9.16. The van der Waals surface area contributed by atoms with Crippen molar-refractivity contribution in [1.29, 1.82) is 0 Å². The lowest BCUT2D eigenvalue weighted by Gasteiger charge is -2.09. The van der Waals surface area contributed by atoms with Gasteiger partial charge in [-0.15, -0.1) is 0 Å². The molecule has 0 saturated heterocycles. The predicted octanol–water partition coefficient (Wildman–Crippen LogP) is 3.99. The number of anilines is 1. The molecule has 8 heteroatoms. The minimum Gasteiger partial charge on any atom is -0.465 e. The number of carbonyl (C=O) groups is 2. The normalized spacial score (nSPS) is 12.5. The van der Waals surface area contributed by atoms with Crippen molar-refractivity contribution in [3.8, 4) is 5.69 Å². The zero-order valence-electron chi connectivity index (χ0n) is 16.5. The Morgan fingerprint density at radius 1 is 1.13 bits per heavy atom. The lowest BCUT2D eigenvalue weighted by Crippen LogP contribution is -2.17. The SMILES string of the molecule is COC(=O)c1cc(NC(=O)c2nn(-c3ccccc3C)c3c2CCC3)c(F)cc1F. The third-order valence-electron chi connectivity index (χ3n) is 5.20. The number of benzene rings is 2. The van der Waals surface area contributed by atoms with E-state index in [9.17, 15) is 18.4 Å². The van der Waals surface area contributed by atoms with Crippen LogP contribution in [0.3, 0.4) is 0 Å². The molecule has 0 atom stereocenters. The first kappa shape index (κ1) is 19.8. The lowest BCUT2D eigenvalue weighted by atomic mass is 10.1. The summed E-state index contributed by atoms with van der Waals surface area (Å²) in [5, 5.41) is 6.91. The molecule has 0 bridgehead atoms. The Morgan fingerprint density at radius 2 is 1.90 bits per heavy atom. The van der Waals surface area contributed by atoms with Gasteiger partial charge in [-0.2, -0.15) is 5.10 Å². The fourth-order valence-corrected chi connectivity index (χ4v) is 3.71. The number of nitrogens with one attached hydrogen (secondary N) is 1. The first-order valence-electron chi connectivity index (χ1n) is 9.46. The van der Waals surface area contributed by atoms with Crippen LogP contribution in [0.4, 0.5) is 14.5 Å². The van der Waals surface area contributed by atoms with Crippen LogP contribution in [-0.4, -0.2) is 28.8 Å². The molecule has 1 aliphatic rings. The van der Waals surface area contributed by atoms with Gasteiger partial charge in [0.2, 0.25) is 0 Å². The van der Waals surface area contributed by atoms with E-state index < -0.39 is 29.1 Å². The smallest absolute Gasteiger partial charge is 0.340 e. The molecule has 0 unspecified atom stereocenters. The van der Waals surface area contributed by atoms with E-state index in [1.54, 1.807) is 4.68 Å². The van der Waals surface area contributed by atoms with E-state index in [0.717, 1.165) is 48.5 Å². The van der Waals surface area contributed by atoms with Crippen LogP contribution < -0.4 is 5.32 Å². The predicted molar refractivity (Wildman–Crippen MR) is 106 cm³/mol. The molecule has 1 N–H and O–H groups in total. The number of fused-ring (bicyclic) bond motifs is 1. The average Bonchev–Trinajstić information content (AvgIpc) is 3.33. The van der Waals surface area contributed by atoms with E-state index >= 15 is 0 Å². The number of aryl methyl sites for hydroxylation is 1. The number of methoxy groups -OCH3 is 1. The monoisotopic (exact) mass is 411 g/mol. The van der Waals surface area contributed by atoms with Gasteiger partial charge in [-0.05, 0) is 43.9 Å². The standard InChI is InChI=1S/C22H19F2N3O3/c1-12-6-3-4-8-18(12)27-19-9-5-7-13(19)20(26-27)21(28)25-17-10-14(22(29)30-2)15(23)11-16(17)24/h3-4,6,8,10-11H,5,7,9H2,1-2H3,(H,25,28). The Kier molecular flexibility index (Phi) is 5.07. The summed E-state index contributed by atoms with van der Waals surface area (Å²) in [4.78, 5) is 24.6. The summed E-state index contributed by atoms with van der Waals surface area (Å²) in [6.45, 7) is 1.96. The van der Waals surface area contributed by atoms with Gasteiger partial charge in [-0.25, -0.2) is 18.3 Å². The van der Waals surface area contributed by atoms with Crippen molar-refractivity contribution in [2.75, 3.05) is 12.4 Å². The van der Waals surface area contributed by atoms with Crippen LogP contribution in [0.2, 0.25) is 0 Å². The number of halogens is 2. The molecule has 154 valence electrons. The molecule has 1 amide bonds. The van der Waals surface area contributed by atoms with Crippen molar-refractivity contribution in [3.05, 3.63) is 76.1 Å². The van der Waals surface area contributed by atoms with Gasteiger partial charge in [0.15, 0.2) is 5.69 Å². The van der Waals surface area contributed by atoms with Gasteiger partial charge in [0.1, 0.15) is 11.6 Å². The molecule has 6 nitrogen and oxygen atoms in total. The first-order valence-corrected chi connectivity index (χ1v) is 9.46. The van der Waals surface area contributed by atoms with Gasteiger partial charge in [0.25, 0.3) is 5.91 Å². The highest BCUT2D eigenvalue weighted by molar-refractivity contribution is 6.05. The average molecular weight is 411 g/mol. The number of hydrogen-bond acceptors (Lipinski definition) is 4. The number of ether oxygens (including phenoxy) is 1. The number of hydrogen-bond donors (Lipinski definition) is 1. The Morgan fingerprint density at radius 3 is 2.63 bits per heavy atom. The minimum atomic E-state index is -1.07. The highest BCUT2D eigenvalue weighted by atomic mass is 19.1. The number of nitrogens with zero attached hydrogens (tertiary/aromatic N) is 2. The minimum absolute atomic E-state index is 0.189. The molecular formula is C22H19F2N3O3. The summed E-state index contributed by atoms with van der Waals surface area (Å²) >= 11 is 0. The number of esters is 1. The van der Waals surface area contributed by atoms with Crippen molar-refractivity contribution >= 4 is 17.6 Å². The molecule has 0 saturated carbocycles. The Labute approximate surface area is 171 Å². The molecule has 3 aromatic rings. The van der Waals surface area contributed by atoms with Crippen LogP contribution in [0.1, 0.15) is 44.1 Å². The summed E-state index contributed by atoms with van der Waals surface area (Å²) in [6.07, 6.45) is 2.35. The van der Waals surface area contributed by atoms with E-state index in [0.29, 0.717) is 12.5 Å². The highest BCUT2D eigenvalue weighted by Gasteiger charge is 2.28. The number of amides is 1. The van der Waals surface area contributed by atoms with Crippen molar-refractivity contribution in [2.24, 2.45) is 0 Å². The number of para-hydroxylation sites is 1. The fourth-order valence-electron chi connectivity index (χ4n) is 3.71. The molecule has 0 spiro atoms. The largest absolute Gasteiger partial charge is 0.465 e. The van der Waals surface area contributed by atoms with Gasteiger partial charge in [-0.1, -0.05) is 18.2 Å².